The first kappa shape index (κ1) is 9.40. The van der Waals surface area contributed by atoms with Crippen LogP contribution in [0.3, 0.4) is 0 Å². The number of alkyl halides is 1. The third-order valence-electron chi connectivity index (χ3n) is 0.779. The fourth-order valence-corrected chi connectivity index (χ4v) is 0.685. The van der Waals surface area contributed by atoms with Crippen LogP contribution in [0.1, 0.15) is 6.92 Å². The van der Waals surface area contributed by atoms with E-state index < -0.39 is 5.97 Å². The number of rotatable bonds is 3. The molecule has 0 unspecified atom stereocenters. The van der Waals surface area contributed by atoms with E-state index in [9.17, 15) is 9.59 Å². The molecule has 0 saturated carbocycles. The smallest absolute Gasteiger partial charge is 0.346 e. The Labute approximate surface area is 67.2 Å². The molecular formula is C6H7BrO3. The van der Waals surface area contributed by atoms with Crippen LogP contribution in [0, 0.1) is 0 Å². The summed E-state index contributed by atoms with van der Waals surface area (Å²) in [6.45, 7) is 1.95. The molecule has 0 spiro atoms. The maximum Gasteiger partial charge on any atom is 0.346 e. The van der Waals surface area contributed by atoms with E-state index in [0.29, 0.717) is 0 Å². The summed E-state index contributed by atoms with van der Waals surface area (Å²) in [5, 5.41) is 0.190. The van der Waals surface area contributed by atoms with Gasteiger partial charge in [-0.05, 0) is 6.92 Å². The standard InChI is InChI=1S/C6H7BrO3/c1-2-10-6(9)5(3-7)4-8/h2-3H2,1H3. The first-order valence-corrected chi connectivity index (χ1v) is 3.85. The average Bonchev–Trinajstić information content (AvgIpc) is 1.91. The molecule has 0 rings (SSSR count). The highest BCUT2D eigenvalue weighted by atomic mass is 79.9. The summed E-state index contributed by atoms with van der Waals surface area (Å²) in [6.07, 6.45) is 0. The van der Waals surface area contributed by atoms with E-state index in [1.165, 1.54) is 5.94 Å². The van der Waals surface area contributed by atoms with Gasteiger partial charge in [0.1, 0.15) is 11.5 Å². The molecule has 0 aromatic carbocycles. The van der Waals surface area contributed by atoms with Gasteiger partial charge >= 0.3 is 5.97 Å². The van der Waals surface area contributed by atoms with Gasteiger partial charge in [-0.25, -0.2) is 9.59 Å². The Bertz CT molecular complexity index is 170. The van der Waals surface area contributed by atoms with Crippen LogP contribution in [-0.2, 0) is 14.3 Å². The van der Waals surface area contributed by atoms with Crippen LogP contribution in [0.5, 0.6) is 0 Å². The number of hydrogen-bond acceptors (Lipinski definition) is 3. The van der Waals surface area contributed by atoms with E-state index in [1.54, 1.807) is 6.92 Å². The monoisotopic (exact) mass is 206 g/mol. The van der Waals surface area contributed by atoms with Gasteiger partial charge in [-0.1, -0.05) is 15.9 Å². The van der Waals surface area contributed by atoms with Crippen LogP contribution in [-0.4, -0.2) is 23.8 Å². The molecule has 0 radical (unpaired) electrons. The summed E-state index contributed by atoms with van der Waals surface area (Å²) in [7, 11) is 0. The number of esters is 1. The Kier molecular flexibility index (Phi) is 4.89. The highest BCUT2D eigenvalue weighted by molar-refractivity contribution is 9.09. The highest BCUT2D eigenvalue weighted by Crippen LogP contribution is 1.97. The minimum absolute atomic E-state index is 0.0122. The zero-order valence-corrected chi connectivity index (χ0v) is 7.10. The Hall–Kier alpha value is -0.600. The lowest BCUT2D eigenvalue weighted by atomic mass is 10.4. The molecule has 0 aliphatic rings. The molecule has 56 valence electrons. The molecule has 0 aromatic rings. The average molecular weight is 207 g/mol. The fraction of sp³-hybridized carbons (Fsp3) is 0.500. The number of carbonyl (C=O) groups excluding carboxylic acids is 2. The molecule has 0 bridgehead atoms. The zero-order valence-electron chi connectivity index (χ0n) is 5.52. The summed E-state index contributed by atoms with van der Waals surface area (Å²) in [5.74, 6) is 0.879. The second-order valence-electron chi connectivity index (χ2n) is 1.43. The lowest BCUT2D eigenvalue weighted by molar-refractivity contribution is -0.138. The zero-order chi connectivity index (χ0) is 7.98. The van der Waals surface area contributed by atoms with Crippen molar-refractivity contribution >= 4 is 27.8 Å². The molecule has 0 heterocycles. The number of halogens is 1. The van der Waals surface area contributed by atoms with E-state index in [0.717, 1.165) is 0 Å². The maximum atomic E-state index is 10.7. The van der Waals surface area contributed by atoms with Crippen molar-refractivity contribution in [3.05, 3.63) is 5.57 Å². The van der Waals surface area contributed by atoms with Gasteiger partial charge in [-0.2, -0.15) is 0 Å². The molecule has 0 aliphatic heterocycles. The minimum atomic E-state index is -0.602. The molecule has 0 amide bonds. The molecule has 4 heteroatoms. The molecule has 0 aromatic heterocycles. The van der Waals surface area contributed by atoms with Gasteiger partial charge in [0.05, 0.1) is 6.61 Å². The Morgan fingerprint density at radius 1 is 1.70 bits per heavy atom. The molecule has 10 heavy (non-hydrogen) atoms. The van der Waals surface area contributed by atoms with Gasteiger partial charge in [0.25, 0.3) is 0 Å². The lowest BCUT2D eigenvalue weighted by Crippen LogP contribution is -2.08. The number of hydrogen-bond donors (Lipinski definition) is 0. The maximum absolute atomic E-state index is 10.7. The Morgan fingerprint density at radius 3 is 2.60 bits per heavy atom. The second-order valence-corrected chi connectivity index (χ2v) is 2.00. The molecule has 0 N–H and O–H groups in total. The Morgan fingerprint density at radius 2 is 2.30 bits per heavy atom. The van der Waals surface area contributed by atoms with Gasteiger partial charge in [0, 0.05) is 5.33 Å². The van der Waals surface area contributed by atoms with Crippen molar-refractivity contribution in [3.8, 4) is 0 Å². The van der Waals surface area contributed by atoms with Gasteiger partial charge in [-0.15, -0.1) is 0 Å². The van der Waals surface area contributed by atoms with Crippen molar-refractivity contribution in [1.29, 1.82) is 0 Å². The van der Waals surface area contributed by atoms with E-state index in [4.69, 9.17) is 0 Å². The number of carbonyl (C=O) groups is 1. The third-order valence-corrected chi connectivity index (χ3v) is 1.34. The quantitative estimate of drug-likeness (QED) is 0.296. The molecule has 0 aliphatic carbocycles. The first-order valence-electron chi connectivity index (χ1n) is 2.73. The predicted molar refractivity (Wildman–Crippen MR) is 39.6 cm³/mol. The van der Waals surface area contributed by atoms with E-state index in [-0.39, 0.29) is 17.5 Å². The van der Waals surface area contributed by atoms with Gasteiger partial charge in [0.2, 0.25) is 0 Å². The van der Waals surface area contributed by atoms with Crippen LogP contribution in [0.4, 0.5) is 0 Å². The molecule has 0 saturated heterocycles. The minimum Gasteiger partial charge on any atom is -0.462 e. The summed E-state index contributed by atoms with van der Waals surface area (Å²) in [5.41, 5.74) is -0.0122. The van der Waals surface area contributed by atoms with E-state index in [2.05, 4.69) is 20.7 Å². The summed E-state index contributed by atoms with van der Waals surface area (Å²) >= 11 is 2.95. The Balaban J connectivity index is 4.04. The predicted octanol–water partition coefficient (Wildman–Crippen LogP) is 0.702. The molecule has 3 nitrogen and oxygen atoms in total. The van der Waals surface area contributed by atoms with Crippen LogP contribution in [0.15, 0.2) is 5.57 Å². The van der Waals surface area contributed by atoms with E-state index >= 15 is 0 Å². The van der Waals surface area contributed by atoms with Crippen LogP contribution in [0.25, 0.3) is 0 Å². The fourth-order valence-electron chi connectivity index (χ4n) is 0.342. The summed E-state index contributed by atoms with van der Waals surface area (Å²) in [6, 6.07) is 0. The third kappa shape index (κ3) is 2.80. The van der Waals surface area contributed by atoms with Crippen molar-refractivity contribution in [2.45, 2.75) is 6.92 Å². The topological polar surface area (TPSA) is 43.4 Å². The first-order chi connectivity index (χ1) is 4.76. The lowest BCUT2D eigenvalue weighted by Gasteiger charge is -1.97. The summed E-state index contributed by atoms with van der Waals surface area (Å²) in [4.78, 5) is 20.6. The van der Waals surface area contributed by atoms with Crippen molar-refractivity contribution in [1.82, 2.24) is 0 Å². The van der Waals surface area contributed by atoms with Crippen LogP contribution < -0.4 is 0 Å². The largest absolute Gasteiger partial charge is 0.462 e. The SMILES string of the molecule is CCOC(=O)C(=C=O)CBr. The van der Waals surface area contributed by atoms with Gasteiger partial charge < -0.3 is 4.74 Å². The van der Waals surface area contributed by atoms with Crippen molar-refractivity contribution in [3.63, 3.8) is 0 Å². The van der Waals surface area contributed by atoms with Crippen LogP contribution in [0.2, 0.25) is 0 Å². The highest BCUT2D eigenvalue weighted by Gasteiger charge is 2.08. The van der Waals surface area contributed by atoms with E-state index in [1.807, 2.05) is 0 Å². The van der Waals surface area contributed by atoms with Crippen LogP contribution >= 0.6 is 15.9 Å². The molecule has 0 fully saturated rings. The number of ether oxygens (including phenoxy) is 1. The van der Waals surface area contributed by atoms with Crippen molar-refractivity contribution in [2.75, 3.05) is 11.9 Å². The molecule has 0 atom stereocenters. The van der Waals surface area contributed by atoms with Crippen molar-refractivity contribution in [2.24, 2.45) is 0 Å². The second kappa shape index (κ2) is 5.21. The normalized spacial score (nSPS) is 8.20. The van der Waals surface area contributed by atoms with Gasteiger partial charge in [-0.3, -0.25) is 0 Å². The summed E-state index contributed by atoms with van der Waals surface area (Å²) < 4.78 is 4.52. The van der Waals surface area contributed by atoms with Gasteiger partial charge in [0.15, 0.2) is 0 Å². The molecular weight excluding hydrogens is 200 g/mol. The van der Waals surface area contributed by atoms with Crippen molar-refractivity contribution < 1.29 is 14.3 Å².